The first-order valence-electron chi connectivity index (χ1n) is 2.02. The van der Waals surface area contributed by atoms with Crippen molar-refractivity contribution in [3.05, 3.63) is 6.73 Å². The molecule has 1 radical (unpaired) electrons. The van der Waals surface area contributed by atoms with Gasteiger partial charge in [0.15, 0.2) is 0 Å². The van der Waals surface area contributed by atoms with Crippen molar-refractivity contribution in [2.24, 2.45) is 0 Å². The first-order valence-corrected chi connectivity index (χ1v) is 2.02. The maximum absolute atomic E-state index is 4.75. The minimum atomic E-state index is 0.737. The molecule has 0 unspecified atom stereocenters. The topological polar surface area (TPSA) is 21.3 Å². The highest BCUT2D eigenvalue weighted by atomic mass is 16.5. The van der Waals surface area contributed by atoms with Gasteiger partial charge in [-0.25, -0.2) is 0 Å². The van der Waals surface area contributed by atoms with Crippen LogP contribution in [-0.4, -0.2) is 13.7 Å². The van der Waals surface area contributed by atoms with E-state index in [1.165, 1.54) is 0 Å². The molecule has 0 heterocycles. The number of hydrogen-bond donors (Lipinski definition) is 1. The summed E-state index contributed by atoms with van der Waals surface area (Å²) in [6.07, 6.45) is 0. The largest absolute Gasteiger partial charge is 0.359 e. The molecule has 0 atom stereocenters. The molecule has 0 rings (SSSR count). The van der Waals surface area contributed by atoms with E-state index in [-0.39, 0.29) is 0 Å². The van der Waals surface area contributed by atoms with E-state index in [0.29, 0.717) is 0 Å². The number of nitrogens with one attached hydrogen (secondary N) is 1. The molecule has 2 nitrogen and oxygen atoms in total. The van der Waals surface area contributed by atoms with Crippen LogP contribution < -0.4 is 5.32 Å². The summed E-state index contributed by atoms with van der Waals surface area (Å²) in [5, 5.41) is 2.72. The molecule has 0 saturated carbocycles. The Kier molecular flexibility index (Phi) is 4.85. The molecule has 0 aromatic rings. The van der Waals surface area contributed by atoms with E-state index in [4.69, 9.17) is 4.74 Å². The van der Waals surface area contributed by atoms with Crippen LogP contribution >= 0.6 is 0 Å². The molecule has 0 spiro atoms. The molecule has 0 aliphatic heterocycles. The Hall–Kier alpha value is -0.0800. The molecule has 0 aromatic heterocycles. The standard InChI is InChI=1S/C4H10NO/c1-3-6-4-5-2/h4-5H,3H2,1-2H3. The Labute approximate surface area is 38.5 Å². The number of rotatable bonds is 3. The molecule has 1 N–H and O–H groups in total. The third-order valence-electron chi connectivity index (χ3n) is 0.368. The Morgan fingerprint density at radius 3 is 2.67 bits per heavy atom. The van der Waals surface area contributed by atoms with E-state index in [1.54, 1.807) is 13.8 Å². The average molecular weight is 88.1 g/mol. The summed E-state index contributed by atoms with van der Waals surface area (Å²) in [6, 6.07) is 0. The van der Waals surface area contributed by atoms with Crippen molar-refractivity contribution in [2.75, 3.05) is 13.7 Å². The molecule has 37 valence electrons. The fourth-order valence-electron chi connectivity index (χ4n) is 0.167. The van der Waals surface area contributed by atoms with Crippen LogP contribution in [0.15, 0.2) is 0 Å². The molecular formula is C4H10NO. The fraction of sp³-hybridized carbons (Fsp3) is 0.750. The zero-order chi connectivity index (χ0) is 4.83. The lowest BCUT2D eigenvalue weighted by Crippen LogP contribution is -2.03. The lowest BCUT2D eigenvalue weighted by Gasteiger charge is -1.92. The summed E-state index contributed by atoms with van der Waals surface area (Å²) in [5.41, 5.74) is 0. The summed E-state index contributed by atoms with van der Waals surface area (Å²) in [7, 11) is 1.80. The molecule has 0 aromatic carbocycles. The maximum atomic E-state index is 4.75. The van der Waals surface area contributed by atoms with Crippen molar-refractivity contribution in [3.8, 4) is 0 Å². The highest BCUT2D eigenvalue weighted by Gasteiger charge is 1.71. The van der Waals surface area contributed by atoms with Gasteiger partial charge in [0.05, 0.1) is 0 Å². The van der Waals surface area contributed by atoms with Crippen LogP contribution in [0.25, 0.3) is 0 Å². The van der Waals surface area contributed by atoms with Gasteiger partial charge in [-0.1, -0.05) is 0 Å². The van der Waals surface area contributed by atoms with Gasteiger partial charge in [0.1, 0.15) is 6.73 Å². The van der Waals surface area contributed by atoms with E-state index < -0.39 is 0 Å². The Bertz CT molecular complexity index is 19.5. The van der Waals surface area contributed by atoms with Gasteiger partial charge in [-0.15, -0.1) is 0 Å². The summed E-state index contributed by atoms with van der Waals surface area (Å²) >= 11 is 0. The second kappa shape index (κ2) is 4.92. The molecule has 0 fully saturated rings. The zero-order valence-electron chi connectivity index (χ0n) is 4.19. The second-order valence-electron chi connectivity index (χ2n) is 0.862. The summed E-state index contributed by atoms with van der Waals surface area (Å²) in [4.78, 5) is 0. The zero-order valence-corrected chi connectivity index (χ0v) is 4.19. The Morgan fingerprint density at radius 1 is 1.83 bits per heavy atom. The highest BCUT2D eigenvalue weighted by Crippen LogP contribution is 1.68. The Morgan fingerprint density at radius 2 is 2.50 bits per heavy atom. The third kappa shape index (κ3) is 3.92. The van der Waals surface area contributed by atoms with E-state index in [1.807, 2.05) is 6.92 Å². The quantitative estimate of drug-likeness (QED) is 0.503. The normalized spacial score (nSPS) is 9.00. The number of hydrogen-bond acceptors (Lipinski definition) is 2. The van der Waals surface area contributed by atoms with Gasteiger partial charge in [-0.3, -0.25) is 5.32 Å². The molecule has 0 bridgehead atoms. The van der Waals surface area contributed by atoms with E-state index in [2.05, 4.69) is 5.32 Å². The van der Waals surface area contributed by atoms with Crippen molar-refractivity contribution in [2.45, 2.75) is 6.92 Å². The van der Waals surface area contributed by atoms with Crippen LogP contribution in [0.4, 0.5) is 0 Å². The van der Waals surface area contributed by atoms with Crippen molar-refractivity contribution in [3.63, 3.8) is 0 Å². The van der Waals surface area contributed by atoms with E-state index in [0.717, 1.165) is 6.61 Å². The summed E-state index contributed by atoms with van der Waals surface area (Å²) in [6.45, 7) is 4.23. The second-order valence-corrected chi connectivity index (χ2v) is 0.862. The monoisotopic (exact) mass is 88.1 g/mol. The van der Waals surface area contributed by atoms with Gasteiger partial charge in [-0.05, 0) is 14.0 Å². The maximum Gasteiger partial charge on any atom is 0.147 e. The van der Waals surface area contributed by atoms with Crippen LogP contribution in [0.3, 0.4) is 0 Å². The van der Waals surface area contributed by atoms with Gasteiger partial charge < -0.3 is 4.74 Å². The van der Waals surface area contributed by atoms with Crippen LogP contribution in [0.2, 0.25) is 0 Å². The van der Waals surface area contributed by atoms with Crippen molar-refractivity contribution < 1.29 is 4.74 Å². The van der Waals surface area contributed by atoms with Crippen molar-refractivity contribution in [1.29, 1.82) is 0 Å². The van der Waals surface area contributed by atoms with Crippen LogP contribution in [0.5, 0.6) is 0 Å². The first-order chi connectivity index (χ1) is 2.91. The van der Waals surface area contributed by atoms with Gasteiger partial charge in [0.2, 0.25) is 0 Å². The molecule has 0 saturated heterocycles. The predicted molar refractivity (Wildman–Crippen MR) is 25.0 cm³/mol. The molecule has 0 aliphatic rings. The van der Waals surface area contributed by atoms with E-state index >= 15 is 0 Å². The van der Waals surface area contributed by atoms with Gasteiger partial charge in [0, 0.05) is 6.61 Å². The van der Waals surface area contributed by atoms with Crippen LogP contribution in [0.1, 0.15) is 6.92 Å². The Balaban J connectivity index is 2.34. The third-order valence-corrected chi connectivity index (χ3v) is 0.368. The summed E-state index contributed by atoms with van der Waals surface area (Å²) in [5.74, 6) is 0. The molecular weight excluding hydrogens is 78.0 g/mol. The number of ether oxygens (including phenoxy) is 1. The van der Waals surface area contributed by atoms with Gasteiger partial charge >= 0.3 is 0 Å². The SMILES string of the molecule is CCO[CH]NC. The minimum Gasteiger partial charge on any atom is -0.359 e. The van der Waals surface area contributed by atoms with Crippen LogP contribution in [0, 0.1) is 6.73 Å². The smallest absolute Gasteiger partial charge is 0.147 e. The minimum absolute atomic E-state index is 0.737. The molecule has 0 aliphatic carbocycles. The average Bonchev–Trinajstić information content (AvgIpc) is 1.61. The van der Waals surface area contributed by atoms with Crippen molar-refractivity contribution >= 4 is 0 Å². The van der Waals surface area contributed by atoms with Gasteiger partial charge in [0.25, 0.3) is 0 Å². The molecule has 0 amide bonds. The first kappa shape index (κ1) is 5.92. The van der Waals surface area contributed by atoms with Crippen LogP contribution in [-0.2, 0) is 4.74 Å². The van der Waals surface area contributed by atoms with Gasteiger partial charge in [-0.2, -0.15) is 0 Å². The lowest BCUT2D eigenvalue weighted by molar-refractivity contribution is 0.199. The molecule has 6 heavy (non-hydrogen) atoms. The fourth-order valence-corrected chi connectivity index (χ4v) is 0.167. The molecule has 2 heteroatoms. The van der Waals surface area contributed by atoms with Crippen molar-refractivity contribution in [1.82, 2.24) is 5.32 Å². The lowest BCUT2D eigenvalue weighted by atomic mass is 10.9. The predicted octanol–water partition coefficient (Wildman–Crippen LogP) is 0.362. The highest BCUT2D eigenvalue weighted by molar-refractivity contribution is 4.34. The van der Waals surface area contributed by atoms with E-state index in [9.17, 15) is 0 Å². The summed E-state index contributed by atoms with van der Waals surface area (Å²) < 4.78 is 4.75.